The molecule has 0 fully saturated rings. The van der Waals surface area contributed by atoms with Gasteiger partial charge >= 0.3 is 0 Å². The molecule has 0 aromatic carbocycles. The van der Waals surface area contributed by atoms with Crippen molar-refractivity contribution in [3.63, 3.8) is 0 Å². The zero-order chi connectivity index (χ0) is 7.72. The molecule has 0 aliphatic heterocycles. The lowest BCUT2D eigenvalue weighted by atomic mass is 10.3. The summed E-state index contributed by atoms with van der Waals surface area (Å²) in [5, 5.41) is 0.477. The van der Waals surface area contributed by atoms with Crippen LogP contribution in [0.2, 0.25) is 5.15 Å². The molecule has 0 N–H and O–H groups in total. The normalized spacial score (nSPS) is 9.90. The SMILES string of the molecule is Cc1cc(Cl)n(C)c(=O)c1. The Kier molecular flexibility index (Phi) is 1.81. The monoisotopic (exact) mass is 157 g/mol. The average molecular weight is 158 g/mol. The molecule has 0 aliphatic carbocycles. The van der Waals surface area contributed by atoms with Crippen molar-refractivity contribution in [1.29, 1.82) is 0 Å². The van der Waals surface area contributed by atoms with Crippen LogP contribution in [0, 0.1) is 6.92 Å². The zero-order valence-corrected chi connectivity index (χ0v) is 6.64. The molecule has 0 radical (unpaired) electrons. The smallest absolute Gasteiger partial charge is 0.251 e. The van der Waals surface area contributed by atoms with Gasteiger partial charge in [0.15, 0.2) is 0 Å². The second-order valence-electron chi connectivity index (χ2n) is 2.25. The number of hydrogen-bond donors (Lipinski definition) is 0. The summed E-state index contributed by atoms with van der Waals surface area (Å²) in [5.41, 5.74) is 0.832. The third kappa shape index (κ3) is 1.21. The first kappa shape index (κ1) is 7.35. The second-order valence-corrected chi connectivity index (χ2v) is 2.64. The van der Waals surface area contributed by atoms with Crippen molar-refractivity contribution in [2.75, 3.05) is 0 Å². The fraction of sp³-hybridized carbons (Fsp3) is 0.286. The van der Waals surface area contributed by atoms with Gasteiger partial charge < -0.3 is 4.57 Å². The van der Waals surface area contributed by atoms with Gasteiger partial charge in [-0.1, -0.05) is 11.6 Å². The fourth-order valence-electron chi connectivity index (χ4n) is 0.723. The number of aryl methyl sites for hydroxylation is 1. The Morgan fingerprint density at radius 2 is 2.10 bits per heavy atom. The van der Waals surface area contributed by atoms with Gasteiger partial charge in [0.25, 0.3) is 5.56 Å². The maximum atomic E-state index is 10.9. The van der Waals surface area contributed by atoms with Gasteiger partial charge in [-0.15, -0.1) is 0 Å². The van der Waals surface area contributed by atoms with Crippen LogP contribution in [0.1, 0.15) is 5.56 Å². The van der Waals surface area contributed by atoms with Crippen molar-refractivity contribution in [2.24, 2.45) is 7.05 Å². The van der Waals surface area contributed by atoms with E-state index in [0.29, 0.717) is 5.15 Å². The van der Waals surface area contributed by atoms with Crippen LogP contribution in [0.25, 0.3) is 0 Å². The van der Waals surface area contributed by atoms with Crippen LogP contribution in [-0.4, -0.2) is 4.57 Å². The average Bonchev–Trinajstić information content (AvgIpc) is 1.82. The third-order valence-electron chi connectivity index (χ3n) is 1.35. The van der Waals surface area contributed by atoms with Crippen molar-refractivity contribution >= 4 is 11.6 Å². The highest BCUT2D eigenvalue weighted by Gasteiger charge is 1.95. The molecule has 0 unspecified atom stereocenters. The molecule has 0 spiro atoms. The highest BCUT2D eigenvalue weighted by molar-refractivity contribution is 6.29. The summed E-state index contributed by atoms with van der Waals surface area (Å²) >= 11 is 5.68. The van der Waals surface area contributed by atoms with Crippen LogP contribution in [0.15, 0.2) is 16.9 Å². The maximum absolute atomic E-state index is 10.9. The van der Waals surface area contributed by atoms with Gasteiger partial charge in [0, 0.05) is 13.1 Å². The summed E-state index contributed by atoms with van der Waals surface area (Å²) in [5.74, 6) is 0. The summed E-state index contributed by atoms with van der Waals surface area (Å²) in [7, 11) is 1.64. The first-order valence-electron chi connectivity index (χ1n) is 2.94. The van der Waals surface area contributed by atoms with Crippen LogP contribution in [0.4, 0.5) is 0 Å². The maximum Gasteiger partial charge on any atom is 0.251 e. The molecule has 1 heterocycles. The minimum absolute atomic E-state index is 0.0648. The lowest BCUT2D eigenvalue weighted by Gasteiger charge is -1.99. The van der Waals surface area contributed by atoms with E-state index in [9.17, 15) is 4.79 Å². The number of halogens is 1. The van der Waals surface area contributed by atoms with Gasteiger partial charge in [-0.2, -0.15) is 0 Å². The van der Waals surface area contributed by atoms with Crippen molar-refractivity contribution in [1.82, 2.24) is 4.57 Å². The molecule has 0 saturated carbocycles. The Balaban J connectivity index is 3.46. The van der Waals surface area contributed by atoms with Gasteiger partial charge in [-0.05, 0) is 18.6 Å². The Labute approximate surface area is 64.1 Å². The number of rotatable bonds is 0. The first-order chi connectivity index (χ1) is 4.61. The molecule has 0 aliphatic rings. The van der Waals surface area contributed by atoms with Crippen LogP contribution in [0.5, 0.6) is 0 Å². The van der Waals surface area contributed by atoms with E-state index in [0.717, 1.165) is 5.56 Å². The van der Waals surface area contributed by atoms with Crippen LogP contribution >= 0.6 is 11.6 Å². The van der Waals surface area contributed by atoms with Crippen molar-refractivity contribution in [3.05, 3.63) is 33.2 Å². The van der Waals surface area contributed by atoms with Crippen molar-refractivity contribution in [2.45, 2.75) is 6.92 Å². The summed E-state index contributed by atoms with van der Waals surface area (Å²) in [6, 6.07) is 3.30. The van der Waals surface area contributed by atoms with Gasteiger partial charge in [-0.25, -0.2) is 0 Å². The Bertz CT molecular complexity index is 303. The van der Waals surface area contributed by atoms with Crippen LogP contribution in [0.3, 0.4) is 0 Å². The van der Waals surface area contributed by atoms with Gasteiger partial charge in [-0.3, -0.25) is 4.79 Å². The molecule has 0 amide bonds. The van der Waals surface area contributed by atoms with E-state index in [1.807, 2.05) is 6.92 Å². The Morgan fingerprint density at radius 3 is 2.60 bits per heavy atom. The molecular formula is C7H8ClNO. The van der Waals surface area contributed by atoms with E-state index in [4.69, 9.17) is 11.6 Å². The number of hydrogen-bond acceptors (Lipinski definition) is 1. The lowest BCUT2D eigenvalue weighted by molar-refractivity contribution is 0.857. The minimum atomic E-state index is -0.0648. The molecule has 2 nitrogen and oxygen atoms in total. The van der Waals surface area contributed by atoms with Gasteiger partial charge in [0.05, 0.1) is 0 Å². The predicted molar refractivity (Wildman–Crippen MR) is 41.4 cm³/mol. The van der Waals surface area contributed by atoms with Crippen molar-refractivity contribution in [3.8, 4) is 0 Å². The molecule has 10 heavy (non-hydrogen) atoms. The topological polar surface area (TPSA) is 22.0 Å². The quantitative estimate of drug-likeness (QED) is 0.521. The van der Waals surface area contributed by atoms with E-state index >= 15 is 0 Å². The van der Waals surface area contributed by atoms with Crippen LogP contribution < -0.4 is 5.56 Å². The van der Waals surface area contributed by atoms with Crippen LogP contribution in [-0.2, 0) is 7.05 Å². The zero-order valence-electron chi connectivity index (χ0n) is 5.89. The number of nitrogens with zero attached hydrogens (tertiary/aromatic N) is 1. The number of pyridine rings is 1. The van der Waals surface area contributed by atoms with E-state index < -0.39 is 0 Å². The molecule has 0 saturated heterocycles. The number of aromatic nitrogens is 1. The van der Waals surface area contributed by atoms with E-state index in [1.165, 1.54) is 4.57 Å². The summed E-state index contributed by atoms with van der Waals surface area (Å²) in [6.45, 7) is 1.84. The standard InChI is InChI=1S/C7H8ClNO/c1-5-3-6(8)9(2)7(10)4-5/h3-4H,1-2H3. The van der Waals surface area contributed by atoms with E-state index in [2.05, 4.69) is 0 Å². The first-order valence-corrected chi connectivity index (χ1v) is 3.32. The summed E-state index contributed by atoms with van der Waals surface area (Å²) in [4.78, 5) is 10.9. The van der Waals surface area contributed by atoms with E-state index in [1.54, 1.807) is 19.2 Å². The Hall–Kier alpha value is -0.760. The highest BCUT2D eigenvalue weighted by Crippen LogP contribution is 2.04. The molecule has 1 rings (SSSR count). The summed E-state index contributed by atoms with van der Waals surface area (Å²) < 4.78 is 1.40. The largest absolute Gasteiger partial charge is 0.302 e. The van der Waals surface area contributed by atoms with Gasteiger partial charge in [0.2, 0.25) is 0 Å². The molecular weight excluding hydrogens is 150 g/mol. The Morgan fingerprint density at radius 1 is 1.50 bits per heavy atom. The highest BCUT2D eigenvalue weighted by atomic mass is 35.5. The molecule has 0 bridgehead atoms. The van der Waals surface area contributed by atoms with E-state index in [-0.39, 0.29) is 5.56 Å². The molecule has 1 aromatic heterocycles. The third-order valence-corrected chi connectivity index (χ3v) is 1.71. The molecule has 3 heteroatoms. The predicted octanol–water partition coefficient (Wildman–Crippen LogP) is 1.35. The molecule has 0 atom stereocenters. The molecule has 54 valence electrons. The summed E-state index contributed by atoms with van der Waals surface area (Å²) in [6.07, 6.45) is 0. The minimum Gasteiger partial charge on any atom is -0.302 e. The lowest BCUT2D eigenvalue weighted by Crippen LogP contribution is -2.15. The fourth-order valence-corrected chi connectivity index (χ4v) is 0.979. The van der Waals surface area contributed by atoms with Crippen molar-refractivity contribution < 1.29 is 0 Å². The van der Waals surface area contributed by atoms with Gasteiger partial charge in [0.1, 0.15) is 5.15 Å². The second kappa shape index (κ2) is 2.46. The molecule has 1 aromatic rings.